The predicted octanol–water partition coefficient (Wildman–Crippen LogP) is 2.77. The summed E-state index contributed by atoms with van der Waals surface area (Å²) < 4.78 is 13.0. The maximum atomic E-state index is 13.0. The van der Waals surface area contributed by atoms with E-state index in [1.54, 1.807) is 17.0 Å². The first kappa shape index (κ1) is 17.7. The van der Waals surface area contributed by atoms with Crippen molar-refractivity contribution < 1.29 is 14.0 Å². The number of hydrogen-bond acceptors (Lipinski definition) is 3. The lowest BCUT2D eigenvalue weighted by Crippen LogP contribution is -2.37. The van der Waals surface area contributed by atoms with Gasteiger partial charge in [0.1, 0.15) is 12.4 Å². The van der Waals surface area contributed by atoms with Crippen LogP contribution in [0, 0.1) is 5.82 Å². The summed E-state index contributed by atoms with van der Waals surface area (Å²) in [4.78, 5) is 29.7. The molecule has 1 aliphatic heterocycles. The van der Waals surface area contributed by atoms with Crippen molar-refractivity contribution >= 4 is 29.0 Å². The van der Waals surface area contributed by atoms with Gasteiger partial charge < -0.3 is 15.1 Å². The minimum absolute atomic E-state index is 0.0219. The van der Waals surface area contributed by atoms with Crippen molar-refractivity contribution in [1.82, 2.24) is 4.90 Å². The fourth-order valence-corrected chi connectivity index (χ4v) is 2.81. The lowest BCUT2D eigenvalue weighted by atomic mass is 10.2. The van der Waals surface area contributed by atoms with Gasteiger partial charge in [-0.3, -0.25) is 9.69 Å². The maximum absolute atomic E-state index is 13.0. The van der Waals surface area contributed by atoms with Gasteiger partial charge >= 0.3 is 6.03 Å². The van der Waals surface area contributed by atoms with E-state index in [0.717, 1.165) is 5.69 Å². The van der Waals surface area contributed by atoms with Crippen LogP contribution in [0.4, 0.5) is 26.2 Å². The number of benzene rings is 2. The van der Waals surface area contributed by atoms with Gasteiger partial charge in [-0.2, -0.15) is 0 Å². The highest BCUT2D eigenvalue weighted by Gasteiger charge is 2.30. The van der Waals surface area contributed by atoms with E-state index in [1.165, 1.54) is 17.0 Å². The highest BCUT2D eigenvalue weighted by atomic mass is 19.1. The highest BCUT2D eigenvalue weighted by molar-refractivity contribution is 5.99. The maximum Gasteiger partial charge on any atom is 0.325 e. The first-order valence-corrected chi connectivity index (χ1v) is 8.33. The molecule has 0 radical (unpaired) electrons. The SMILES string of the molecule is CN(C)c1ccc(NC(=O)CN2CCN(c3ccc(F)cc3)C2=O)cc1. The first-order chi connectivity index (χ1) is 12.4. The van der Waals surface area contributed by atoms with Gasteiger partial charge in [0.25, 0.3) is 0 Å². The molecule has 0 saturated carbocycles. The molecule has 0 aromatic heterocycles. The molecule has 0 unspecified atom stereocenters. The molecular weight excluding hydrogens is 335 g/mol. The Morgan fingerprint density at radius 1 is 1.08 bits per heavy atom. The Hall–Kier alpha value is -3.09. The summed E-state index contributed by atoms with van der Waals surface area (Å²) in [5, 5.41) is 2.80. The molecular formula is C19H21FN4O2. The minimum atomic E-state index is -0.350. The molecule has 0 atom stereocenters. The van der Waals surface area contributed by atoms with Crippen molar-refractivity contribution in [2.45, 2.75) is 0 Å². The zero-order chi connectivity index (χ0) is 18.7. The number of rotatable bonds is 5. The summed E-state index contributed by atoms with van der Waals surface area (Å²) in [6.45, 7) is 0.893. The van der Waals surface area contributed by atoms with E-state index in [4.69, 9.17) is 0 Å². The Kier molecular flexibility index (Phi) is 5.06. The summed E-state index contributed by atoms with van der Waals surface area (Å²) in [5.74, 6) is -0.603. The van der Waals surface area contributed by atoms with Gasteiger partial charge in [-0.15, -0.1) is 0 Å². The Morgan fingerprint density at radius 2 is 1.73 bits per heavy atom. The summed E-state index contributed by atoms with van der Waals surface area (Å²) in [5.41, 5.74) is 2.34. The van der Waals surface area contributed by atoms with Crippen LogP contribution in [0.2, 0.25) is 0 Å². The topological polar surface area (TPSA) is 55.9 Å². The van der Waals surface area contributed by atoms with Crippen molar-refractivity contribution in [1.29, 1.82) is 0 Å². The van der Waals surface area contributed by atoms with Crippen LogP contribution in [0.3, 0.4) is 0 Å². The summed E-state index contributed by atoms with van der Waals surface area (Å²) in [6, 6.07) is 13.0. The average Bonchev–Trinajstić information content (AvgIpc) is 2.97. The van der Waals surface area contributed by atoms with E-state index in [-0.39, 0.29) is 24.3 Å². The summed E-state index contributed by atoms with van der Waals surface area (Å²) in [6.07, 6.45) is 0. The molecule has 7 heteroatoms. The third-order valence-corrected chi connectivity index (χ3v) is 4.24. The van der Waals surface area contributed by atoms with Crippen molar-refractivity contribution in [3.63, 3.8) is 0 Å². The number of carbonyl (C=O) groups is 2. The Labute approximate surface area is 151 Å². The van der Waals surface area contributed by atoms with Crippen LogP contribution in [0.25, 0.3) is 0 Å². The van der Waals surface area contributed by atoms with Crippen LogP contribution >= 0.6 is 0 Å². The number of carbonyl (C=O) groups excluding carboxylic acids is 2. The summed E-state index contributed by atoms with van der Waals surface area (Å²) in [7, 11) is 3.89. The molecule has 6 nitrogen and oxygen atoms in total. The van der Waals surface area contributed by atoms with Crippen molar-refractivity contribution in [2.24, 2.45) is 0 Å². The Morgan fingerprint density at radius 3 is 2.35 bits per heavy atom. The Balaban J connectivity index is 1.58. The van der Waals surface area contributed by atoms with Crippen LogP contribution in [0.5, 0.6) is 0 Å². The van der Waals surface area contributed by atoms with Crippen LogP contribution in [0.15, 0.2) is 48.5 Å². The zero-order valence-electron chi connectivity index (χ0n) is 14.8. The number of amides is 3. The number of halogens is 1. The smallest absolute Gasteiger partial charge is 0.325 e. The van der Waals surface area contributed by atoms with Gasteiger partial charge in [0.15, 0.2) is 0 Å². The molecule has 1 heterocycles. The second-order valence-electron chi connectivity index (χ2n) is 6.32. The van der Waals surface area contributed by atoms with Gasteiger partial charge in [-0.05, 0) is 48.5 Å². The number of nitrogens with one attached hydrogen (secondary N) is 1. The number of hydrogen-bond donors (Lipinski definition) is 1. The fraction of sp³-hybridized carbons (Fsp3) is 0.263. The van der Waals surface area contributed by atoms with Gasteiger partial charge in [0.05, 0.1) is 0 Å². The second kappa shape index (κ2) is 7.43. The van der Waals surface area contributed by atoms with E-state index < -0.39 is 0 Å². The highest BCUT2D eigenvalue weighted by Crippen LogP contribution is 2.21. The predicted molar refractivity (Wildman–Crippen MR) is 100 cm³/mol. The molecule has 2 aromatic rings. The minimum Gasteiger partial charge on any atom is -0.378 e. The van der Waals surface area contributed by atoms with E-state index in [9.17, 15) is 14.0 Å². The molecule has 0 spiro atoms. The first-order valence-electron chi connectivity index (χ1n) is 8.33. The Bertz CT molecular complexity index is 790. The molecule has 26 heavy (non-hydrogen) atoms. The van der Waals surface area contributed by atoms with E-state index >= 15 is 0 Å². The van der Waals surface area contributed by atoms with E-state index in [1.807, 2.05) is 43.3 Å². The zero-order valence-corrected chi connectivity index (χ0v) is 14.8. The lowest BCUT2D eigenvalue weighted by molar-refractivity contribution is -0.116. The van der Waals surface area contributed by atoms with Gasteiger partial charge in [0, 0.05) is 44.2 Å². The van der Waals surface area contributed by atoms with Crippen molar-refractivity contribution in [2.75, 3.05) is 48.8 Å². The number of nitrogens with zero attached hydrogens (tertiary/aromatic N) is 3. The second-order valence-corrected chi connectivity index (χ2v) is 6.32. The van der Waals surface area contributed by atoms with Gasteiger partial charge in [-0.1, -0.05) is 0 Å². The molecule has 0 bridgehead atoms. The molecule has 136 valence electrons. The van der Waals surface area contributed by atoms with Crippen molar-refractivity contribution in [3.8, 4) is 0 Å². The standard InChI is InChI=1S/C19H21FN4O2/c1-22(2)16-9-5-15(6-10-16)21-18(25)13-23-11-12-24(19(23)26)17-7-3-14(20)4-8-17/h3-10H,11-13H2,1-2H3,(H,21,25). The van der Waals surface area contributed by atoms with Gasteiger partial charge in [0.2, 0.25) is 5.91 Å². The van der Waals surface area contributed by atoms with Crippen LogP contribution in [0.1, 0.15) is 0 Å². The number of urea groups is 1. The van der Waals surface area contributed by atoms with E-state index in [0.29, 0.717) is 24.5 Å². The molecule has 2 aromatic carbocycles. The fourth-order valence-electron chi connectivity index (χ4n) is 2.81. The monoisotopic (exact) mass is 356 g/mol. The van der Waals surface area contributed by atoms with E-state index in [2.05, 4.69) is 5.32 Å². The third kappa shape index (κ3) is 3.93. The van der Waals surface area contributed by atoms with Crippen LogP contribution in [-0.4, -0.2) is 50.6 Å². The lowest BCUT2D eigenvalue weighted by Gasteiger charge is -2.18. The van der Waals surface area contributed by atoms with Crippen molar-refractivity contribution in [3.05, 3.63) is 54.3 Å². The molecule has 0 aliphatic carbocycles. The molecule has 1 aliphatic rings. The molecule has 3 rings (SSSR count). The molecule has 3 amide bonds. The number of anilines is 3. The molecule has 1 N–H and O–H groups in total. The summed E-state index contributed by atoms with van der Waals surface area (Å²) >= 11 is 0. The van der Waals surface area contributed by atoms with Gasteiger partial charge in [-0.25, -0.2) is 9.18 Å². The van der Waals surface area contributed by atoms with Crippen LogP contribution < -0.4 is 15.1 Å². The average molecular weight is 356 g/mol. The normalized spacial score (nSPS) is 13.9. The van der Waals surface area contributed by atoms with Crippen LogP contribution in [-0.2, 0) is 4.79 Å². The quantitative estimate of drug-likeness (QED) is 0.896. The molecule has 1 fully saturated rings. The molecule has 1 saturated heterocycles. The largest absolute Gasteiger partial charge is 0.378 e. The third-order valence-electron chi connectivity index (χ3n) is 4.24.